The van der Waals surface area contributed by atoms with E-state index in [0.29, 0.717) is 23.8 Å². The van der Waals surface area contributed by atoms with Gasteiger partial charge in [0.25, 0.3) is 0 Å². The van der Waals surface area contributed by atoms with Crippen LogP contribution in [0.15, 0.2) is 24.3 Å². The summed E-state index contributed by atoms with van der Waals surface area (Å²) in [7, 11) is 0. The second-order valence-electron chi connectivity index (χ2n) is 5.22. The minimum absolute atomic E-state index is 0.194. The number of nitrogens with two attached hydrogens (primary N) is 1. The number of hydrogen-bond acceptors (Lipinski definition) is 1. The molecule has 1 aromatic carbocycles. The van der Waals surface area contributed by atoms with Gasteiger partial charge in [-0.3, -0.25) is 0 Å². The van der Waals surface area contributed by atoms with Crippen molar-refractivity contribution in [2.75, 3.05) is 0 Å². The van der Waals surface area contributed by atoms with Gasteiger partial charge >= 0.3 is 6.18 Å². The fourth-order valence-electron chi connectivity index (χ4n) is 2.39. The summed E-state index contributed by atoms with van der Waals surface area (Å²) >= 11 is 0. The zero-order chi connectivity index (χ0) is 13.3. The number of rotatable bonds is 4. The van der Waals surface area contributed by atoms with Crippen LogP contribution in [0.5, 0.6) is 0 Å². The molecule has 0 aliphatic heterocycles. The molecule has 18 heavy (non-hydrogen) atoms. The summed E-state index contributed by atoms with van der Waals surface area (Å²) in [6, 6.07) is 5.52. The van der Waals surface area contributed by atoms with Crippen LogP contribution >= 0.6 is 0 Å². The topological polar surface area (TPSA) is 26.0 Å². The van der Waals surface area contributed by atoms with Gasteiger partial charge in [0.05, 0.1) is 5.56 Å². The second-order valence-corrected chi connectivity index (χ2v) is 5.22. The molecule has 1 fully saturated rings. The Balaban J connectivity index is 2.13. The third-order valence-corrected chi connectivity index (χ3v) is 3.82. The Hall–Kier alpha value is -1.03. The molecule has 2 rings (SSSR count). The summed E-state index contributed by atoms with van der Waals surface area (Å²) in [6.45, 7) is 2.04. The average Bonchev–Trinajstić information content (AvgIpc) is 3.11. The molecule has 0 radical (unpaired) electrons. The van der Waals surface area contributed by atoms with Crippen molar-refractivity contribution < 1.29 is 13.2 Å². The Morgan fingerprint density at radius 1 is 1.28 bits per heavy atom. The zero-order valence-electron chi connectivity index (χ0n) is 10.4. The van der Waals surface area contributed by atoms with Crippen molar-refractivity contribution in [2.24, 2.45) is 17.6 Å². The molecule has 2 N–H and O–H groups in total. The summed E-state index contributed by atoms with van der Waals surface area (Å²) in [6.07, 6.45) is -1.67. The third kappa shape index (κ3) is 3.05. The lowest BCUT2D eigenvalue weighted by molar-refractivity contribution is -0.138. The maximum Gasteiger partial charge on any atom is 0.416 e. The van der Waals surface area contributed by atoms with Crippen LogP contribution in [0.1, 0.15) is 30.9 Å². The van der Waals surface area contributed by atoms with Crippen LogP contribution < -0.4 is 5.73 Å². The number of halogens is 3. The molecule has 1 saturated carbocycles. The monoisotopic (exact) mass is 257 g/mol. The van der Waals surface area contributed by atoms with Gasteiger partial charge in [0.2, 0.25) is 0 Å². The molecule has 0 aromatic heterocycles. The highest BCUT2D eigenvalue weighted by Crippen LogP contribution is 2.39. The van der Waals surface area contributed by atoms with Crippen molar-refractivity contribution in [3.63, 3.8) is 0 Å². The quantitative estimate of drug-likeness (QED) is 0.876. The average molecular weight is 257 g/mol. The Morgan fingerprint density at radius 3 is 2.44 bits per heavy atom. The lowest BCUT2D eigenvalue weighted by Crippen LogP contribution is -2.32. The van der Waals surface area contributed by atoms with E-state index in [1.807, 2.05) is 6.92 Å². The van der Waals surface area contributed by atoms with Crippen LogP contribution in [0.3, 0.4) is 0 Å². The smallest absolute Gasteiger partial charge is 0.327 e. The fraction of sp³-hybridized carbons (Fsp3) is 0.571. The van der Waals surface area contributed by atoms with Crippen LogP contribution in [0.2, 0.25) is 0 Å². The first-order chi connectivity index (χ1) is 8.39. The lowest BCUT2D eigenvalue weighted by atomic mass is 9.90. The Kier molecular flexibility index (Phi) is 3.66. The van der Waals surface area contributed by atoms with Crippen molar-refractivity contribution in [3.05, 3.63) is 35.4 Å². The molecule has 1 aliphatic carbocycles. The van der Waals surface area contributed by atoms with E-state index in [-0.39, 0.29) is 6.04 Å². The molecule has 0 heterocycles. The van der Waals surface area contributed by atoms with Crippen LogP contribution in [0.4, 0.5) is 13.2 Å². The fourth-order valence-corrected chi connectivity index (χ4v) is 2.39. The van der Waals surface area contributed by atoms with Gasteiger partial charge in [-0.05, 0) is 42.7 Å². The van der Waals surface area contributed by atoms with E-state index in [1.165, 1.54) is 12.1 Å². The highest BCUT2D eigenvalue weighted by molar-refractivity contribution is 5.30. The molecule has 0 bridgehead atoms. The van der Waals surface area contributed by atoms with E-state index in [1.54, 1.807) is 6.07 Å². The minimum Gasteiger partial charge on any atom is -0.327 e. The lowest BCUT2D eigenvalue weighted by Gasteiger charge is -2.21. The maximum atomic E-state index is 12.8. The summed E-state index contributed by atoms with van der Waals surface area (Å²) in [5, 5.41) is 0. The predicted octanol–water partition coefficient (Wildman–Crippen LogP) is 3.62. The van der Waals surface area contributed by atoms with Crippen molar-refractivity contribution in [1.82, 2.24) is 0 Å². The summed E-state index contributed by atoms with van der Waals surface area (Å²) in [5.74, 6) is 0.907. The second kappa shape index (κ2) is 4.92. The van der Waals surface area contributed by atoms with Crippen molar-refractivity contribution in [2.45, 2.75) is 38.4 Å². The van der Waals surface area contributed by atoms with Crippen molar-refractivity contribution in [1.29, 1.82) is 0 Å². The molecule has 0 saturated heterocycles. The first-order valence-corrected chi connectivity index (χ1v) is 6.30. The third-order valence-electron chi connectivity index (χ3n) is 3.82. The van der Waals surface area contributed by atoms with Gasteiger partial charge in [-0.25, -0.2) is 0 Å². The number of benzene rings is 1. The van der Waals surface area contributed by atoms with E-state index < -0.39 is 11.7 Å². The first kappa shape index (κ1) is 13.4. The summed E-state index contributed by atoms with van der Waals surface area (Å²) < 4.78 is 38.5. The van der Waals surface area contributed by atoms with E-state index in [4.69, 9.17) is 5.73 Å². The van der Waals surface area contributed by atoms with E-state index >= 15 is 0 Å². The van der Waals surface area contributed by atoms with E-state index in [9.17, 15) is 13.2 Å². The van der Waals surface area contributed by atoms with Gasteiger partial charge in [-0.15, -0.1) is 0 Å². The molecule has 2 atom stereocenters. The van der Waals surface area contributed by atoms with Gasteiger partial charge in [-0.1, -0.05) is 25.1 Å². The van der Waals surface area contributed by atoms with Gasteiger partial charge in [0.1, 0.15) is 0 Å². The highest BCUT2D eigenvalue weighted by Gasteiger charge is 2.35. The van der Waals surface area contributed by atoms with E-state index in [0.717, 1.165) is 18.9 Å². The molecule has 1 nitrogen and oxygen atoms in total. The zero-order valence-corrected chi connectivity index (χ0v) is 10.4. The number of alkyl halides is 3. The minimum atomic E-state index is -4.29. The van der Waals surface area contributed by atoms with Crippen LogP contribution in [0, 0.1) is 11.8 Å². The van der Waals surface area contributed by atoms with Crippen LogP contribution in [0.25, 0.3) is 0 Å². The van der Waals surface area contributed by atoms with Gasteiger partial charge < -0.3 is 5.73 Å². The van der Waals surface area contributed by atoms with Crippen LogP contribution in [-0.2, 0) is 12.6 Å². The molecular formula is C14H18F3N. The summed E-state index contributed by atoms with van der Waals surface area (Å²) in [4.78, 5) is 0. The molecule has 1 aromatic rings. The molecule has 0 spiro atoms. The van der Waals surface area contributed by atoms with Gasteiger partial charge in [0.15, 0.2) is 0 Å². The standard InChI is InChI=1S/C14H18F3N/c1-9(10-6-7-10)13(18)8-11-4-2-3-5-12(11)14(15,16)17/h2-5,9-10,13H,6-8,18H2,1H3. The molecular weight excluding hydrogens is 239 g/mol. The summed E-state index contributed by atoms with van der Waals surface area (Å²) in [5.41, 5.74) is 5.79. The molecule has 2 unspecified atom stereocenters. The largest absolute Gasteiger partial charge is 0.416 e. The molecule has 100 valence electrons. The highest BCUT2D eigenvalue weighted by atomic mass is 19.4. The van der Waals surface area contributed by atoms with Gasteiger partial charge in [0, 0.05) is 6.04 Å². The molecule has 4 heteroatoms. The van der Waals surface area contributed by atoms with Crippen molar-refractivity contribution >= 4 is 0 Å². The number of hydrogen-bond donors (Lipinski definition) is 1. The maximum absolute atomic E-state index is 12.8. The molecule has 0 amide bonds. The van der Waals surface area contributed by atoms with Gasteiger partial charge in [-0.2, -0.15) is 13.2 Å². The van der Waals surface area contributed by atoms with Crippen LogP contribution in [-0.4, -0.2) is 6.04 Å². The Morgan fingerprint density at radius 2 is 1.89 bits per heavy atom. The SMILES string of the molecule is CC(C(N)Cc1ccccc1C(F)(F)F)C1CC1. The Labute approximate surface area is 105 Å². The van der Waals surface area contributed by atoms with Crippen molar-refractivity contribution in [3.8, 4) is 0 Å². The Bertz CT molecular complexity index is 410. The first-order valence-electron chi connectivity index (χ1n) is 6.30. The predicted molar refractivity (Wildman–Crippen MR) is 65.0 cm³/mol. The molecule has 1 aliphatic rings. The normalized spacial score (nSPS) is 19.6. The van der Waals surface area contributed by atoms with E-state index in [2.05, 4.69) is 0 Å².